The standard InChI is InChI=1S/C16H19Cl2F3N2O.C8H9Br.CH4O/c1-9-8-22(12-6-10(17)5-11(18)7-12)13(15(2,3)4)23(9)14(24)16(19,20)21;1-2-7-3-5-8(9)6-4-7;1-2/h5-7,9,13H,8H2,1-4H3;3-6H,2H2,1H3;2H,1H3/t9-,13?;;/m0../s1. The Labute approximate surface area is 224 Å². The molecule has 10 heteroatoms. The summed E-state index contributed by atoms with van der Waals surface area (Å²) in [5.41, 5.74) is 1.37. The molecule has 1 aliphatic heterocycles. The van der Waals surface area contributed by atoms with E-state index in [1.165, 1.54) is 5.56 Å². The quantitative estimate of drug-likeness (QED) is 0.387. The molecule has 0 aromatic heterocycles. The zero-order valence-electron chi connectivity index (χ0n) is 20.6. The molecule has 0 spiro atoms. The molecule has 1 unspecified atom stereocenters. The second kappa shape index (κ2) is 13.2. The van der Waals surface area contributed by atoms with Gasteiger partial charge in [-0.3, -0.25) is 4.79 Å². The lowest BCUT2D eigenvalue weighted by Gasteiger charge is -2.41. The number of hydrogen-bond acceptors (Lipinski definition) is 3. The first kappa shape index (κ1) is 31.5. The number of carbonyl (C=O) groups is 1. The highest BCUT2D eigenvalue weighted by atomic mass is 79.9. The highest BCUT2D eigenvalue weighted by Crippen LogP contribution is 2.40. The fourth-order valence-corrected chi connectivity index (χ4v) is 4.66. The van der Waals surface area contributed by atoms with Crippen LogP contribution in [0.2, 0.25) is 10.0 Å². The SMILES string of the molecule is CCc1ccc(Br)cc1.CO.C[C@H]1CN(c2cc(Cl)cc(Cl)c2)C(C(C)(C)C)N1C(=O)C(F)(F)F. The molecule has 1 amide bonds. The van der Waals surface area contributed by atoms with Gasteiger partial charge in [0.05, 0.1) is 0 Å². The second-order valence-electron chi connectivity index (χ2n) is 9.06. The number of anilines is 1. The van der Waals surface area contributed by atoms with Crippen LogP contribution in [0.5, 0.6) is 0 Å². The van der Waals surface area contributed by atoms with E-state index in [0.29, 0.717) is 15.7 Å². The van der Waals surface area contributed by atoms with Crippen molar-refractivity contribution in [3.63, 3.8) is 0 Å². The summed E-state index contributed by atoms with van der Waals surface area (Å²) >= 11 is 15.4. The minimum Gasteiger partial charge on any atom is -0.400 e. The maximum atomic E-state index is 13.0. The summed E-state index contributed by atoms with van der Waals surface area (Å²) in [6.45, 7) is 9.42. The number of aryl methyl sites for hydroxylation is 1. The Morgan fingerprint density at radius 2 is 1.54 bits per heavy atom. The molecule has 35 heavy (non-hydrogen) atoms. The van der Waals surface area contributed by atoms with Crippen LogP contribution in [0.1, 0.15) is 40.2 Å². The normalized spacial score (nSPS) is 17.9. The van der Waals surface area contributed by atoms with Crippen LogP contribution < -0.4 is 4.90 Å². The number of nitrogens with zero attached hydrogens (tertiary/aromatic N) is 2. The van der Waals surface area contributed by atoms with E-state index in [1.54, 1.807) is 50.8 Å². The van der Waals surface area contributed by atoms with Crippen LogP contribution in [0.3, 0.4) is 0 Å². The Balaban J connectivity index is 0.000000464. The third-order valence-corrected chi connectivity index (χ3v) is 6.21. The summed E-state index contributed by atoms with van der Waals surface area (Å²) in [6, 6.07) is 12.6. The number of aliphatic hydroxyl groups excluding tert-OH is 1. The first-order valence-electron chi connectivity index (χ1n) is 11.0. The third-order valence-electron chi connectivity index (χ3n) is 5.25. The smallest absolute Gasteiger partial charge is 0.400 e. The molecule has 0 aliphatic carbocycles. The Morgan fingerprint density at radius 1 is 1.06 bits per heavy atom. The number of halogens is 6. The number of aliphatic hydroxyl groups is 1. The summed E-state index contributed by atoms with van der Waals surface area (Å²) in [5.74, 6) is -1.83. The maximum absolute atomic E-state index is 13.0. The van der Waals surface area contributed by atoms with E-state index in [2.05, 4.69) is 47.1 Å². The predicted octanol–water partition coefficient (Wildman–Crippen LogP) is 7.59. The van der Waals surface area contributed by atoms with Crippen molar-refractivity contribution in [1.82, 2.24) is 4.90 Å². The molecule has 0 radical (unpaired) electrons. The molecule has 4 nitrogen and oxygen atoms in total. The van der Waals surface area contributed by atoms with E-state index in [4.69, 9.17) is 28.3 Å². The molecule has 0 bridgehead atoms. The Hall–Kier alpha value is -1.48. The van der Waals surface area contributed by atoms with Gasteiger partial charge in [-0.2, -0.15) is 13.2 Å². The van der Waals surface area contributed by atoms with E-state index in [-0.39, 0.29) is 6.54 Å². The van der Waals surface area contributed by atoms with Gasteiger partial charge in [0.15, 0.2) is 0 Å². The average molecular weight is 600 g/mol. The van der Waals surface area contributed by atoms with Gasteiger partial charge in [-0.1, -0.05) is 79.0 Å². The van der Waals surface area contributed by atoms with Crippen LogP contribution >= 0.6 is 39.1 Å². The first-order chi connectivity index (χ1) is 16.1. The summed E-state index contributed by atoms with van der Waals surface area (Å²) in [7, 11) is 1.00. The van der Waals surface area contributed by atoms with E-state index in [0.717, 1.165) is 22.9 Å². The van der Waals surface area contributed by atoms with Gasteiger partial charge < -0.3 is 14.9 Å². The molecular formula is C25H32BrCl2F3N2O2. The Bertz CT molecular complexity index is 946. The minimum atomic E-state index is -4.92. The fourth-order valence-electron chi connectivity index (χ4n) is 3.88. The highest BCUT2D eigenvalue weighted by molar-refractivity contribution is 9.10. The van der Waals surface area contributed by atoms with Gasteiger partial charge in [0.25, 0.3) is 0 Å². The average Bonchev–Trinajstić information content (AvgIpc) is 3.12. The number of amides is 1. The molecule has 1 saturated heterocycles. The van der Waals surface area contributed by atoms with Crippen molar-refractivity contribution >= 4 is 50.7 Å². The summed E-state index contributed by atoms with van der Waals surface area (Å²) < 4.78 is 40.3. The lowest BCUT2D eigenvalue weighted by atomic mass is 9.90. The molecule has 1 N–H and O–H groups in total. The molecule has 1 fully saturated rings. The Morgan fingerprint density at radius 3 is 1.94 bits per heavy atom. The van der Waals surface area contributed by atoms with E-state index < -0.39 is 29.7 Å². The van der Waals surface area contributed by atoms with Crippen molar-refractivity contribution in [2.75, 3.05) is 18.6 Å². The number of hydrogen-bond donors (Lipinski definition) is 1. The number of benzene rings is 2. The van der Waals surface area contributed by atoms with Gasteiger partial charge in [-0.05, 0) is 49.2 Å². The van der Waals surface area contributed by atoms with Crippen LogP contribution in [-0.2, 0) is 11.2 Å². The van der Waals surface area contributed by atoms with Gasteiger partial charge in [-0.15, -0.1) is 0 Å². The fraction of sp³-hybridized carbons (Fsp3) is 0.480. The topological polar surface area (TPSA) is 43.8 Å². The van der Waals surface area contributed by atoms with Crippen LogP contribution in [0.25, 0.3) is 0 Å². The van der Waals surface area contributed by atoms with Gasteiger partial charge in [0.1, 0.15) is 6.17 Å². The van der Waals surface area contributed by atoms with Crippen molar-refractivity contribution in [2.45, 2.75) is 59.4 Å². The number of alkyl halides is 3. The lowest BCUT2D eigenvalue weighted by Crippen LogP contribution is -2.54. The monoisotopic (exact) mass is 598 g/mol. The van der Waals surface area contributed by atoms with Crippen LogP contribution in [-0.4, -0.2) is 48.0 Å². The van der Waals surface area contributed by atoms with Crippen molar-refractivity contribution in [2.24, 2.45) is 5.41 Å². The molecule has 2 atom stereocenters. The number of carbonyl (C=O) groups excluding carboxylic acids is 1. The number of rotatable bonds is 2. The van der Waals surface area contributed by atoms with Crippen molar-refractivity contribution < 1.29 is 23.1 Å². The van der Waals surface area contributed by atoms with Gasteiger partial charge in [-0.25, -0.2) is 0 Å². The van der Waals surface area contributed by atoms with Crippen molar-refractivity contribution in [3.05, 3.63) is 62.5 Å². The maximum Gasteiger partial charge on any atom is 0.471 e. The first-order valence-corrected chi connectivity index (χ1v) is 12.5. The summed E-state index contributed by atoms with van der Waals surface area (Å²) in [6.07, 6.45) is -4.57. The van der Waals surface area contributed by atoms with Gasteiger partial charge in [0, 0.05) is 45.3 Å². The molecule has 2 aromatic rings. The van der Waals surface area contributed by atoms with Crippen LogP contribution in [0, 0.1) is 5.41 Å². The third kappa shape index (κ3) is 8.85. The molecule has 3 rings (SSSR count). The summed E-state index contributed by atoms with van der Waals surface area (Å²) in [4.78, 5) is 14.6. The largest absolute Gasteiger partial charge is 0.471 e. The van der Waals surface area contributed by atoms with Crippen molar-refractivity contribution in [1.29, 1.82) is 0 Å². The lowest BCUT2D eigenvalue weighted by molar-refractivity contribution is -0.189. The molecule has 0 saturated carbocycles. The van der Waals surface area contributed by atoms with E-state index >= 15 is 0 Å². The molecule has 1 aliphatic rings. The summed E-state index contributed by atoms with van der Waals surface area (Å²) in [5, 5.41) is 7.77. The minimum absolute atomic E-state index is 0.264. The van der Waals surface area contributed by atoms with Crippen molar-refractivity contribution in [3.8, 4) is 0 Å². The highest BCUT2D eigenvalue weighted by Gasteiger charge is 2.53. The molecular weight excluding hydrogens is 568 g/mol. The van der Waals surface area contributed by atoms with Gasteiger partial charge in [0.2, 0.25) is 0 Å². The van der Waals surface area contributed by atoms with Crippen LogP contribution in [0.15, 0.2) is 46.9 Å². The molecule has 196 valence electrons. The predicted molar refractivity (Wildman–Crippen MR) is 141 cm³/mol. The molecule has 1 heterocycles. The zero-order chi connectivity index (χ0) is 27.1. The molecule has 2 aromatic carbocycles. The van der Waals surface area contributed by atoms with E-state index in [1.807, 2.05) is 0 Å². The van der Waals surface area contributed by atoms with Gasteiger partial charge >= 0.3 is 12.1 Å². The second-order valence-corrected chi connectivity index (χ2v) is 10.8. The van der Waals surface area contributed by atoms with E-state index in [9.17, 15) is 18.0 Å². The Kier molecular flexibility index (Phi) is 11.9. The van der Waals surface area contributed by atoms with Crippen LogP contribution in [0.4, 0.5) is 18.9 Å². The zero-order valence-corrected chi connectivity index (χ0v) is 23.7.